The van der Waals surface area contributed by atoms with Gasteiger partial charge in [-0.1, -0.05) is 18.2 Å². The third-order valence-corrected chi connectivity index (χ3v) is 4.09. The molecule has 1 amide bonds. The number of phenolic OH excluding ortho intramolecular Hbond substituents is 1. The Hall–Kier alpha value is -1.55. The van der Waals surface area contributed by atoms with Gasteiger partial charge in [-0.15, -0.1) is 0 Å². The van der Waals surface area contributed by atoms with Gasteiger partial charge in [-0.3, -0.25) is 4.79 Å². The van der Waals surface area contributed by atoms with Crippen molar-refractivity contribution < 1.29 is 15.0 Å². The van der Waals surface area contributed by atoms with Gasteiger partial charge >= 0.3 is 0 Å². The SMILES string of the molecule is CC(O)C1CCCN(C(=O)CCc2ccccc2O)C1. The Morgan fingerprint density at radius 2 is 2.20 bits per heavy atom. The van der Waals surface area contributed by atoms with Crippen LogP contribution in [0.25, 0.3) is 0 Å². The van der Waals surface area contributed by atoms with Crippen LogP contribution < -0.4 is 0 Å². The molecule has 1 aromatic carbocycles. The Labute approximate surface area is 120 Å². The van der Waals surface area contributed by atoms with Crippen LogP contribution >= 0.6 is 0 Å². The third-order valence-electron chi connectivity index (χ3n) is 4.09. The maximum Gasteiger partial charge on any atom is 0.222 e. The van der Waals surface area contributed by atoms with Crippen LogP contribution in [0.2, 0.25) is 0 Å². The van der Waals surface area contributed by atoms with E-state index < -0.39 is 0 Å². The summed E-state index contributed by atoms with van der Waals surface area (Å²) in [4.78, 5) is 14.1. The van der Waals surface area contributed by atoms with Gasteiger partial charge in [-0.05, 0) is 37.8 Å². The zero-order chi connectivity index (χ0) is 14.5. The minimum absolute atomic E-state index is 0.110. The van der Waals surface area contributed by atoms with Crippen LogP contribution in [0, 0.1) is 5.92 Å². The first-order chi connectivity index (χ1) is 9.58. The van der Waals surface area contributed by atoms with Crippen LogP contribution in [0.3, 0.4) is 0 Å². The van der Waals surface area contributed by atoms with Crippen molar-refractivity contribution in [2.45, 2.75) is 38.7 Å². The molecule has 1 fully saturated rings. The monoisotopic (exact) mass is 277 g/mol. The summed E-state index contributed by atoms with van der Waals surface area (Å²) in [5.41, 5.74) is 0.810. The molecular weight excluding hydrogens is 254 g/mol. The predicted molar refractivity (Wildman–Crippen MR) is 77.4 cm³/mol. The van der Waals surface area contributed by atoms with Crippen molar-refractivity contribution in [2.75, 3.05) is 13.1 Å². The number of para-hydroxylation sites is 1. The fraction of sp³-hybridized carbons (Fsp3) is 0.562. The first kappa shape index (κ1) is 14.9. The van der Waals surface area contributed by atoms with Crippen molar-refractivity contribution in [3.8, 4) is 5.75 Å². The van der Waals surface area contributed by atoms with Crippen LogP contribution in [0.5, 0.6) is 5.75 Å². The van der Waals surface area contributed by atoms with Gasteiger partial charge in [0.15, 0.2) is 0 Å². The molecule has 1 saturated heterocycles. The lowest BCUT2D eigenvalue weighted by Crippen LogP contribution is -2.43. The van der Waals surface area contributed by atoms with Gasteiger partial charge < -0.3 is 15.1 Å². The summed E-state index contributed by atoms with van der Waals surface area (Å²) in [6, 6.07) is 7.13. The van der Waals surface area contributed by atoms with Gasteiger partial charge in [-0.2, -0.15) is 0 Å². The van der Waals surface area contributed by atoms with E-state index >= 15 is 0 Å². The highest BCUT2D eigenvalue weighted by atomic mass is 16.3. The highest BCUT2D eigenvalue weighted by Gasteiger charge is 2.26. The first-order valence-electron chi connectivity index (χ1n) is 7.30. The number of aliphatic hydroxyl groups is 1. The number of aliphatic hydroxyl groups excluding tert-OH is 1. The van der Waals surface area contributed by atoms with E-state index in [2.05, 4.69) is 0 Å². The van der Waals surface area contributed by atoms with E-state index in [1.807, 2.05) is 17.0 Å². The normalized spacial score (nSPS) is 20.7. The molecule has 0 aliphatic carbocycles. The summed E-state index contributed by atoms with van der Waals surface area (Å²) in [5.74, 6) is 0.553. The second-order valence-electron chi connectivity index (χ2n) is 5.61. The number of aromatic hydroxyl groups is 1. The van der Waals surface area contributed by atoms with Crippen molar-refractivity contribution >= 4 is 5.91 Å². The molecule has 110 valence electrons. The average Bonchev–Trinajstić information content (AvgIpc) is 2.46. The Balaban J connectivity index is 1.87. The fourth-order valence-corrected chi connectivity index (χ4v) is 2.75. The maximum atomic E-state index is 12.2. The van der Waals surface area contributed by atoms with Crippen LogP contribution in [-0.4, -0.2) is 40.2 Å². The Morgan fingerprint density at radius 1 is 1.45 bits per heavy atom. The number of benzene rings is 1. The molecule has 0 radical (unpaired) electrons. The summed E-state index contributed by atoms with van der Waals surface area (Å²) in [5, 5.41) is 19.3. The molecule has 4 heteroatoms. The summed E-state index contributed by atoms with van der Waals surface area (Å²) in [6.07, 6.45) is 2.55. The summed E-state index contributed by atoms with van der Waals surface area (Å²) < 4.78 is 0. The molecule has 2 unspecified atom stereocenters. The van der Waals surface area contributed by atoms with E-state index in [0.717, 1.165) is 24.9 Å². The van der Waals surface area contributed by atoms with E-state index in [4.69, 9.17) is 0 Å². The minimum atomic E-state index is -0.358. The van der Waals surface area contributed by atoms with Gasteiger partial charge in [0.25, 0.3) is 0 Å². The number of phenols is 1. The topological polar surface area (TPSA) is 60.8 Å². The van der Waals surface area contributed by atoms with Gasteiger partial charge in [0.1, 0.15) is 5.75 Å². The lowest BCUT2D eigenvalue weighted by molar-refractivity contribution is -0.133. The quantitative estimate of drug-likeness (QED) is 0.884. The Kier molecular flexibility index (Phi) is 5.01. The van der Waals surface area contributed by atoms with Crippen LogP contribution in [-0.2, 0) is 11.2 Å². The lowest BCUT2D eigenvalue weighted by Gasteiger charge is -2.34. The van der Waals surface area contributed by atoms with Crippen molar-refractivity contribution in [1.82, 2.24) is 4.90 Å². The highest BCUT2D eigenvalue weighted by Crippen LogP contribution is 2.22. The van der Waals surface area contributed by atoms with Crippen molar-refractivity contribution in [1.29, 1.82) is 0 Å². The van der Waals surface area contributed by atoms with Gasteiger partial charge in [-0.25, -0.2) is 0 Å². The van der Waals surface area contributed by atoms with Crippen LogP contribution in [0.4, 0.5) is 0 Å². The molecule has 1 aliphatic rings. The number of carbonyl (C=O) groups excluding carboxylic acids is 1. The Bertz CT molecular complexity index is 459. The molecule has 1 heterocycles. The zero-order valence-corrected chi connectivity index (χ0v) is 12.0. The highest BCUT2D eigenvalue weighted by molar-refractivity contribution is 5.76. The van der Waals surface area contributed by atoms with Crippen LogP contribution in [0.15, 0.2) is 24.3 Å². The molecule has 20 heavy (non-hydrogen) atoms. The number of nitrogens with zero attached hydrogens (tertiary/aromatic N) is 1. The van der Waals surface area contributed by atoms with Crippen LogP contribution in [0.1, 0.15) is 31.7 Å². The molecule has 0 bridgehead atoms. The van der Waals surface area contributed by atoms with Crippen molar-refractivity contribution in [3.05, 3.63) is 29.8 Å². The van der Waals surface area contributed by atoms with Crippen molar-refractivity contribution in [2.24, 2.45) is 5.92 Å². The summed E-state index contributed by atoms with van der Waals surface area (Å²) in [6.45, 7) is 3.22. The lowest BCUT2D eigenvalue weighted by atomic mass is 9.93. The van der Waals surface area contributed by atoms with Gasteiger partial charge in [0, 0.05) is 25.4 Å². The van der Waals surface area contributed by atoms with Gasteiger partial charge in [0.05, 0.1) is 6.10 Å². The fourth-order valence-electron chi connectivity index (χ4n) is 2.75. The van der Waals surface area contributed by atoms with E-state index in [9.17, 15) is 15.0 Å². The number of carbonyl (C=O) groups is 1. The summed E-state index contributed by atoms with van der Waals surface area (Å²) in [7, 11) is 0. The number of rotatable bonds is 4. The zero-order valence-electron chi connectivity index (χ0n) is 12.0. The summed E-state index contributed by atoms with van der Waals surface area (Å²) >= 11 is 0. The molecule has 0 saturated carbocycles. The number of aryl methyl sites for hydroxylation is 1. The largest absolute Gasteiger partial charge is 0.508 e. The number of hydrogen-bond acceptors (Lipinski definition) is 3. The molecular formula is C16H23NO3. The van der Waals surface area contributed by atoms with Gasteiger partial charge in [0.2, 0.25) is 5.91 Å². The Morgan fingerprint density at radius 3 is 2.90 bits per heavy atom. The second-order valence-corrected chi connectivity index (χ2v) is 5.61. The number of piperidine rings is 1. The molecule has 1 aliphatic heterocycles. The standard InChI is InChI=1S/C16H23NO3/c1-12(18)14-6-4-10-17(11-14)16(20)9-8-13-5-2-3-7-15(13)19/h2-3,5,7,12,14,18-19H,4,6,8-11H2,1H3. The molecule has 2 rings (SSSR count). The number of hydrogen-bond donors (Lipinski definition) is 2. The number of likely N-dealkylation sites (tertiary alicyclic amines) is 1. The molecule has 1 aromatic rings. The van der Waals surface area contributed by atoms with Crippen molar-refractivity contribution in [3.63, 3.8) is 0 Å². The number of amides is 1. The second kappa shape index (κ2) is 6.75. The first-order valence-corrected chi connectivity index (χ1v) is 7.30. The molecule has 2 N–H and O–H groups in total. The van der Waals surface area contributed by atoms with E-state index in [1.165, 1.54) is 0 Å². The molecule has 2 atom stereocenters. The van der Waals surface area contributed by atoms with E-state index in [-0.39, 0.29) is 23.7 Å². The predicted octanol–water partition coefficient (Wildman–Crippen LogP) is 1.94. The smallest absolute Gasteiger partial charge is 0.222 e. The minimum Gasteiger partial charge on any atom is -0.508 e. The molecule has 4 nitrogen and oxygen atoms in total. The third kappa shape index (κ3) is 3.73. The molecule has 0 spiro atoms. The van der Waals surface area contributed by atoms with E-state index in [0.29, 0.717) is 19.4 Å². The molecule has 0 aromatic heterocycles. The average molecular weight is 277 g/mol. The van der Waals surface area contributed by atoms with E-state index in [1.54, 1.807) is 19.1 Å². The maximum absolute atomic E-state index is 12.2.